The van der Waals surface area contributed by atoms with Crippen molar-refractivity contribution in [3.05, 3.63) is 101 Å². The molecule has 0 aliphatic heterocycles. The van der Waals surface area contributed by atoms with E-state index in [1.165, 1.54) is 0 Å². The van der Waals surface area contributed by atoms with Crippen molar-refractivity contribution in [3.8, 4) is 5.75 Å². The minimum atomic E-state index is -0.279. The summed E-state index contributed by atoms with van der Waals surface area (Å²) in [6, 6.07) is 24.9. The lowest BCUT2D eigenvalue weighted by Gasteiger charge is -2.08. The summed E-state index contributed by atoms with van der Waals surface area (Å²) in [5, 5.41) is 5.54. The molecule has 0 unspecified atom stereocenters. The average molecular weight is 418 g/mol. The number of para-hydroxylation sites is 1. The van der Waals surface area contributed by atoms with E-state index in [2.05, 4.69) is 10.5 Å². The van der Waals surface area contributed by atoms with Gasteiger partial charge < -0.3 is 9.30 Å². The second-order valence-electron chi connectivity index (χ2n) is 6.81. The van der Waals surface area contributed by atoms with Gasteiger partial charge in [-0.1, -0.05) is 60.1 Å². The minimum Gasteiger partial charge on any atom is -0.487 e. The molecule has 0 radical (unpaired) electrons. The lowest BCUT2D eigenvalue weighted by Crippen LogP contribution is -2.20. The van der Waals surface area contributed by atoms with Gasteiger partial charge in [0.15, 0.2) is 0 Å². The molecule has 0 aliphatic rings. The highest BCUT2D eigenvalue weighted by Gasteiger charge is 2.12. The number of amides is 1. The van der Waals surface area contributed by atoms with Gasteiger partial charge in [-0.2, -0.15) is 5.10 Å². The molecule has 0 saturated carbocycles. The van der Waals surface area contributed by atoms with Crippen molar-refractivity contribution in [2.75, 3.05) is 0 Å². The van der Waals surface area contributed by atoms with E-state index in [9.17, 15) is 4.79 Å². The van der Waals surface area contributed by atoms with E-state index >= 15 is 0 Å². The molecule has 3 aromatic carbocycles. The fourth-order valence-corrected chi connectivity index (χ4v) is 3.42. The van der Waals surface area contributed by atoms with Crippen LogP contribution in [0.3, 0.4) is 0 Å². The van der Waals surface area contributed by atoms with Gasteiger partial charge in [-0.15, -0.1) is 0 Å². The van der Waals surface area contributed by atoms with Crippen molar-refractivity contribution in [1.82, 2.24) is 9.99 Å². The predicted octanol–water partition coefficient (Wildman–Crippen LogP) is 5.17. The van der Waals surface area contributed by atoms with Crippen molar-refractivity contribution in [2.24, 2.45) is 12.1 Å². The summed E-state index contributed by atoms with van der Waals surface area (Å²) in [5.41, 5.74) is 5.91. The van der Waals surface area contributed by atoms with Crippen LogP contribution in [0.15, 0.2) is 84.0 Å². The zero-order valence-corrected chi connectivity index (χ0v) is 17.1. The third kappa shape index (κ3) is 4.36. The quantitative estimate of drug-likeness (QED) is 0.347. The van der Waals surface area contributed by atoms with Crippen molar-refractivity contribution >= 4 is 34.6 Å². The molecule has 1 aromatic heterocycles. The number of carbonyl (C=O) groups is 1. The number of benzene rings is 3. The zero-order valence-electron chi connectivity index (χ0n) is 16.4. The number of aromatic nitrogens is 1. The Bertz CT molecular complexity index is 1220. The van der Waals surface area contributed by atoms with Crippen LogP contribution in [0.1, 0.15) is 21.6 Å². The van der Waals surface area contributed by atoms with Crippen LogP contribution >= 0.6 is 11.6 Å². The summed E-state index contributed by atoms with van der Waals surface area (Å²) in [6.45, 7) is 0.440. The van der Waals surface area contributed by atoms with Gasteiger partial charge in [0.1, 0.15) is 18.1 Å². The molecular weight excluding hydrogens is 398 g/mol. The summed E-state index contributed by atoms with van der Waals surface area (Å²) in [5.74, 6) is 0.316. The SMILES string of the molecule is Cn1c(C(=O)N/N=C/c2ccc(OCc3ccccc3)c(Cl)c2)cc2ccccc21. The first-order valence-electron chi connectivity index (χ1n) is 9.46. The number of rotatable bonds is 6. The van der Waals surface area contributed by atoms with Crippen molar-refractivity contribution in [1.29, 1.82) is 0 Å². The third-order valence-electron chi connectivity index (χ3n) is 4.76. The Balaban J connectivity index is 1.39. The fraction of sp³-hybridized carbons (Fsp3) is 0.0833. The number of nitrogens with one attached hydrogen (secondary N) is 1. The van der Waals surface area contributed by atoms with Crippen LogP contribution in [-0.4, -0.2) is 16.7 Å². The van der Waals surface area contributed by atoms with Crippen molar-refractivity contribution in [2.45, 2.75) is 6.61 Å². The van der Waals surface area contributed by atoms with Gasteiger partial charge in [0.2, 0.25) is 0 Å². The first-order valence-corrected chi connectivity index (χ1v) is 9.84. The molecule has 6 heteroatoms. The van der Waals surface area contributed by atoms with Gasteiger partial charge in [-0.05, 0) is 41.5 Å². The Morgan fingerprint density at radius 1 is 1.07 bits per heavy atom. The van der Waals surface area contributed by atoms with Crippen LogP contribution in [0.5, 0.6) is 5.75 Å². The number of hydrogen-bond acceptors (Lipinski definition) is 3. The second-order valence-corrected chi connectivity index (χ2v) is 7.22. The van der Waals surface area contributed by atoms with E-state index in [1.807, 2.05) is 78.3 Å². The molecule has 0 aliphatic carbocycles. The van der Waals surface area contributed by atoms with Gasteiger partial charge in [0, 0.05) is 18.0 Å². The van der Waals surface area contributed by atoms with Crippen LogP contribution in [0.2, 0.25) is 5.02 Å². The third-order valence-corrected chi connectivity index (χ3v) is 5.05. The van der Waals surface area contributed by atoms with E-state index < -0.39 is 0 Å². The van der Waals surface area contributed by atoms with E-state index in [0.717, 1.165) is 22.0 Å². The average Bonchev–Trinajstić information content (AvgIpc) is 3.11. The molecule has 0 atom stereocenters. The number of hydrazone groups is 1. The molecule has 1 heterocycles. The lowest BCUT2D eigenvalue weighted by molar-refractivity contribution is 0.0947. The largest absolute Gasteiger partial charge is 0.487 e. The lowest BCUT2D eigenvalue weighted by atomic mass is 10.2. The number of nitrogens with zero attached hydrogens (tertiary/aromatic N) is 2. The molecule has 4 rings (SSSR count). The molecule has 4 aromatic rings. The summed E-state index contributed by atoms with van der Waals surface area (Å²) < 4.78 is 7.61. The summed E-state index contributed by atoms with van der Waals surface area (Å²) in [4.78, 5) is 12.5. The van der Waals surface area contributed by atoms with E-state index in [-0.39, 0.29) is 5.91 Å². The van der Waals surface area contributed by atoms with Crippen LogP contribution in [0.25, 0.3) is 10.9 Å². The number of fused-ring (bicyclic) bond motifs is 1. The Labute approximate surface area is 179 Å². The highest BCUT2D eigenvalue weighted by atomic mass is 35.5. The molecular formula is C24H20ClN3O2. The Kier molecular flexibility index (Phi) is 5.82. The summed E-state index contributed by atoms with van der Waals surface area (Å²) in [6.07, 6.45) is 1.55. The van der Waals surface area contributed by atoms with Gasteiger partial charge in [0.25, 0.3) is 5.91 Å². The molecule has 1 N–H and O–H groups in total. The first-order chi connectivity index (χ1) is 14.6. The van der Waals surface area contributed by atoms with E-state index in [1.54, 1.807) is 18.3 Å². The highest BCUT2D eigenvalue weighted by molar-refractivity contribution is 6.32. The van der Waals surface area contributed by atoms with E-state index in [4.69, 9.17) is 16.3 Å². The Morgan fingerprint density at radius 3 is 2.60 bits per heavy atom. The standard InChI is InChI=1S/C24H20ClN3O2/c1-28-21-10-6-5-9-19(21)14-22(28)24(29)27-26-15-18-11-12-23(20(25)13-18)30-16-17-7-3-2-4-8-17/h2-15H,16H2,1H3,(H,27,29)/b26-15+. The van der Waals surface area contributed by atoms with Crippen LogP contribution in [0.4, 0.5) is 0 Å². The Morgan fingerprint density at radius 2 is 1.83 bits per heavy atom. The molecule has 1 amide bonds. The van der Waals surface area contributed by atoms with E-state index in [0.29, 0.717) is 23.1 Å². The highest BCUT2D eigenvalue weighted by Crippen LogP contribution is 2.26. The number of halogens is 1. The predicted molar refractivity (Wildman–Crippen MR) is 120 cm³/mol. The number of hydrogen-bond donors (Lipinski definition) is 1. The normalized spacial score (nSPS) is 11.1. The van der Waals surface area contributed by atoms with Gasteiger partial charge in [-0.3, -0.25) is 4.79 Å². The smallest absolute Gasteiger partial charge is 0.287 e. The first kappa shape index (κ1) is 19.7. The number of carbonyl (C=O) groups excluding carboxylic acids is 1. The maximum Gasteiger partial charge on any atom is 0.287 e. The second kappa shape index (κ2) is 8.84. The summed E-state index contributed by atoms with van der Waals surface area (Å²) >= 11 is 6.32. The number of aryl methyl sites for hydroxylation is 1. The molecule has 5 nitrogen and oxygen atoms in total. The van der Waals surface area contributed by atoms with Gasteiger partial charge >= 0.3 is 0 Å². The minimum absolute atomic E-state index is 0.279. The molecule has 150 valence electrons. The van der Waals surface area contributed by atoms with Crippen molar-refractivity contribution < 1.29 is 9.53 Å². The maximum absolute atomic E-state index is 12.5. The summed E-state index contributed by atoms with van der Waals surface area (Å²) in [7, 11) is 1.86. The fourth-order valence-electron chi connectivity index (χ4n) is 3.18. The Hall–Kier alpha value is -3.57. The molecule has 0 fully saturated rings. The topological polar surface area (TPSA) is 55.6 Å². The van der Waals surface area contributed by atoms with Gasteiger partial charge in [-0.25, -0.2) is 5.43 Å². The maximum atomic E-state index is 12.5. The molecule has 0 spiro atoms. The molecule has 0 saturated heterocycles. The van der Waals surface area contributed by atoms with Crippen LogP contribution < -0.4 is 10.2 Å². The van der Waals surface area contributed by atoms with Crippen molar-refractivity contribution in [3.63, 3.8) is 0 Å². The monoisotopic (exact) mass is 417 g/mol. The molecule has 0 bridgehead atoms. The molecule has 30 heavy (non-hydrogen) atoms. The number of ether oxygens (including phenoxy) is 1. The zero-order chi connectivity index (χ0) is 20.9. The van der Waals surface area contributed by atoms with Crippen LogP contribution in [-0.2, 0) is 13.7 Å². The van der Waals surface area contributed by atoms with Crippen LogP contribution in [0, 0.1) is 0 Å². The van der Waals surface area contributed by atoms with Gasteiger partial charge in [0.05, 0.1) is 11.2 Å².